The van der Waals surface area contributed by atoms with Crippen molar-refractivity contribution in [1.29, 1.82) is 0 Å². The Morgan fingerprint density at radius 1 is 0.648 bits per heavy atom. The predicted octanol–water partition coefficient (Wildman–Crippen LogP) is 9.19. The number of rotatable bonds is 28. The molecule has 552 valence electrons. The molecule has 105 heavy (non-hydrogen) atoms. The summed E-state index contributed by atoms with van der Waals surface area (Å²) < 4.78 is 81.6. The number of benzene rings is 7. The Hall–Kier alpha value is -10.1. The number of aliphatic imine (C=N–C) groups is 2. The maximum absolute atomic E-state index is 14.3. The van der Waals surface area contributed by atoms with Gasteiger partial charge in [0.05, 0.1) is 82.7 Å². The van der Waals surface area contributed by atoms with E-state index < -0.39 is 75.9 Å². The lowest BCUT2D eigenvalue weighted by molar-refractivity contribution is -0.916. The first kappa shape index (κ1) is 74.6. The first-order valence-corrected chi connectivity index (χ1v) is 35.7. The van der Waals surface area contributed by atoms with E-state index in [9.17, 15) is 43.2 Å². The van der Waals surface area contributed by atoms with Crippen LogP contribution >= 0.6 is 0 Å². The summed E-state index contributed by atoms with van der Waals surface area (Å²) in [4.78, 5) is 58.5. The Labute approximate surface area is 608 Å². The Bertz CT molecular complexity index is 4470. The van der Waals surface area contributed by atoms with Gasteiger partial charge in [0.15, 0.2) is 34.5 Å². The number of aliphatic hydroxyl groups is 4. The van der Waals surface area contributed by atoms with E-state index in [2.05, 4.69) is 27.5 Å². The van der Waals surface area contributed by atoms with E-state index in [0.717, 1.165) is 39.4 Å². The monoisotopic (exact) mass is 1460 g/mol. The van der Waals surface area contributed by atoms with E-state index in [1.807, 2.05) is 119 Å². The van der Waals surface area contributed by atoms with Crippen LogP contribution in [0.4, 0.5) is 11.4 Å². The van der Waals surface area contributed by atoms with Gasteiger partial charge >= 0.3 is 10.4 Å². The van der Waals surface area contributed by atoms with Crippen LogP contribution < -0.4 is 37.4 Å². The van der Waals surface area contributed by atoms with Gasteiger partial charge in [-0.25, -0.2) is 0 Å². The molecule has 12 rings (SSSR count). The fourth-order valence-electron chi connectivity index (χ4n) is 13.5. The topological polar surface area (TPSA) is 341 Å². The van der Waals surface area contributed by atoms with E-state index >= 15 is 0 Å². The predicted molar refractivity (Wildman–Crippen MR) is 387 cm³/mol. The Kier molecular flexibility index (Phi) is 22.2. The number of hydrogen-bond donors (Lipinski definition) is 5. The number of ether oxygens (including phenoxy) is 7. The van der Waals surface area contributed by atoms with Crippen molar-refractivity contribution in [2.45, 2.75) is 123 Å². The number of amides is 3. The standard InChI is InChI=1S/C77H85N9O18S/c1-76(2,44-98-45-77(3,4)43-82-83-78)42-81-72(91)52-19-22-62(101-75-71(90)70(89)69(88)68(39-87)102-75)67(28-52)104-105(94,95)103-57-20-17-46(18-21-57)37-86(5,6)38-47-23-48(40-99-65-31-60-58(29-63(65)96-7)73(92)84-35-53-15-11-9-13-50(53)26-55(84)33-79-60)25-49(24-47)41-100-66-32-61-59(30-64(66)97-8)74(93)85-36-54-16-12-10-14-51(54)27-56(85)34-80-61/h9-25,28-34,55-56,68-71,75,87-90H,26-27,35-45H2,1-8H3/p+1/t55?,56?,68-,69+,70+,71-,75-/m1/s1. The molecule has 1 saturated heterocycles. The second-order valence-corrected chi connectivity index (χ2v) is 30.3. The lowest BCUT2D eigenvalue weighted by atomic mass is 9.93. The van der Waals surface area contributed by atoms with Gasteiger partial charge < -0.3 is 81.5 Å². The zero-order valence-corrected chi connectivity index (χ0v) is 60.4. The van der Waals surface area contributed by atoms with Gasteiger partial charge in [-0.3, -0.25) is 24.4 Å². The summed E-state index contributed by atoms with van der Waals surface area (Å²) in [5, 5.41) is 48.2. The number of nitrogens with one attached hydrogen (secondary N) is 1. The molecule has 5 aliphatic heterocycles. The molecule has 3 amide bonds. The van der Waals surface area contributed by atoms with Crippen LogP contribution in [-0.4, -0.2) is 177 Å². The lowest BCUT2D eigenvalue weighted by Crippen LogP contribution is -2.60. The zero-order valence-electron chi connectivity index (χ0n) is 59.6. The fourth-order valence-corrected chi connectivity index (χ4v) is 14.2. The highest BCUT2D eigenvalue weighted by Gasteiger charge is 2.46. The second kappa shape index (κ2) is 31.3. The fraction of sp³-hybridized carbons (Fsp3) is 0.390. The highest BCUT2D eigenvalue weighted by Crippen LogP contribution is 2.42. The van der Waals surface area contributed by atoms with E-state index in [0.29, 0.717) is 89.0 Å². The van der Waals surface area contributed by atoms with Crippen molar-refractivity contribution in [3.05, 3.63) is 205 Å². The number of carbonyl (C=O) groups is 3. The van der Waals surface area contributed by atoms with E-state index in [4.69, 9.17) is 57.0 Å². The largest absolute Gasteiger partial charge is 0.501 e. The maximum Gasteiger partial charge on any atom is 0.501 e. The van der Waals surface area contributed by atoms with E-state index in [1.54, 1.807) is 36.4 Å². The molecule has 0 aromatic heterocycles. The molecule has 5 aliphatic rings. The number of azide groups is 1. The molecule has 0 radical (unpaired) electrons. The Morgan fingerprint density at radius 2 is 1.18 bits per heavy atom. The van der Waals surface area contributed by atoms with E-state index in [-0.39, 0.29) is 74.7 Å². The molecule has 5 N–H and O–H groups in total. The highest BCUT2D eigenvalue weighted by molar-refractivity contribution is 7.82. The first-order valence-electron chi connectivity index (χ1n) is 34.4. The molecule has 7 atom stereocenters. The minimum absolute atomic E-state index is 0.0608. The van der Waals surface area contributed by atoms with Crippen molar-refractivity contribution in [2.24, 2.45) is 25.9 Å². The molecule has 1 fully saturated rings. The Balaban J connectivity index is 0.764. The average molecular weight is 1460 g/mol. The average Bonchev–Trinajstić information content (AvgIpc) is 1.62. The number of quaternary nitrogens is 1. The van der Waals surface area contributed by atoms with Gasteiger partial charge in [-0.1, -0.05) is 81.3 Å². The third-order valence-electron chi connectivity index (χ3n) is 18.9. The number of hydrogen-bond acceptors (Lipinski definition) is 21. The maximum atomic E-state index is 14.3. The number of nitrogens with zero attached hydrogens (tertiary/aromatic N) is 8. The normalized spacial score (nSPS) is 19.8. The molecule has 5 heterocycles. The van der Waals surface area contributed by atoms with Crippen molar-refractivity contribution >= 4 is 51.9 Å². The molecule has 0 bridgehead atoms. The molecule has 7 aromatic rings. The van der Waals surface area contributed by atoms with Crippen LogP contribution in [0.1, 0.15) is 103 Å². The van der Waals surface area contributed by atoms with Gasteiger partial charge in [-0.2, -0.15) is 0 Å². The summed E-state index contributed by atoms with van der Waals surface area (Å²) >= 11 is 0. The summed E-state index contributed by atoms with van der Waals surface area (Å²) in [6, 6.07) is 38.5. The second-order valence-electron chi connectivity index (χ2n) is 29.1. The van der Waals surface area contributed by atoms with Crippen LogP contribution in [-0.2, 0) is 72.1 Å². The Morgan fingerprint density at radius 3 is 1.72 bits per heavy atom. The highest BCUT2D eigenvalue weighted by atomic mass is 32.3. The molecular formula is C77H86N9O18S+. The minimum Gasteiger partial charge on any atom is -0.493 e. The SMILES string of the molecule is COc1cc2c(cc1OCc1cc(COc3cc4c(cc3OC)C(=O)N3Cc5ccccc5CC3C=N4)cc(C[N+](C)(C)Cc3ccc(OS(=O)(=O)Oc4cc(C(=O)NCC(C)(C)COCC(C)(C)CN=[N+]=[N-])ccc4O[C@@H]4O[C@H](CO)[C@H](O)[C@H](O)[C@H]4O)cc3)c1)N=CC1Cc3ccccc3CN1C2=O. The van der Waals surface area contributed by atoms with Crippen LogP contribution in [0.15, 0.2) is 149 Å². The summed E-state index contributed by atoms with van der Waals surface area (Å²) in [5.41, 5.74) is 17.1. The third kappa shape index (κ3) is 17.6. The number of aliphatic hydroxyl groups excluding tert-OH is 4. The number of methoxy groups -OCH3 is 2. The van der Waals surface area contributed by atoms with Crippen molar-refractivity contribution in [3.63, 3.8) is 0 Å². The van der Waals surface area contributed by atoms with Gasteiger partial charge in [-0.05, 0) is 130 Å². The first-order chi connectivity index (χ1) is 50.2. The smallest absolute Gasteiger partial charge is 0.493 e. The molecule has 0 saturated carbocycles. The van der Waals surface area contributed by atoms with Crippen LogP contribution in [0.25, 0.3) is 10.4 Å². The molecule has 2 unspecified atom stereocenters. The molecule has 28 heteroatoms. The van der Waals surface area contributed by atoms with Crippen LogP contribution in [0.5, 0.6) is 40.2 Å². The minimum atomic E-state index is -5.07. The molecular weight excluding hydrogens is 1370 g/mol. The summed E-state index contributed by atoms with van der Waals surface area (Å²) in [6.45, 7) is 9.45. The molecule has 0 spiro atoms. The van der Waals surface area contributed by atoms with E-state index in [1.165, 1.54) is 49.6 Å². The lowest BCUT2D eigenvalue weighted by Gasteiger charge is -2.39. The third-order valence-corrected chi connectivity index (χ3v) is 19.7. The quantitative estimate of drug-likeness (QED) is 0.0132. The molecule has 27 nitrogen and oxygen atoms in total. The summed E-state index contributed by atoms with van der Waals surface area (Å²) in [6.07, 6.45) is -3.68. The van der Waals surface area contributed by atoms with Gasteiger partial charge in [0.25, 0.3) is 17.7 Å². The van der Waals surface area contributed by atoms with Crippen molar-refractivity contribution < 1.29 is 89.2 Å². The summed E-state index contributed by atoms with van der Waals surface area (Å²) in [7, 11) is 2.05. The summed E-state index contributed by atoms with van der Waals surface area (Å²) in [5.74, 6) is -0.629. The van der Waals surface area contributed by atoms with Crippen LogP contribution in [0.2, 0.25) is 0 Å². The molecule has 0 aliphatic carbocycles. The van der Waals surface area contributed by atoms with Gasteiger partial charge in [0, 0.05) is 77.8 Å². The zero-order chi connectivity index (χ0) is 74.5. The van der Waals surface area contributed by atoms with Gasteiger partial charge in [0.2, 0.25) is 6.29 Å². The van der Waals surface area contributed by atoms with Crippen molar-refractivity contribution in [1.82, 2.24) is 15.1 Å². The van der Waals surface area contributed by atoms with Crippen molar-refractivity contribution in [3.8, 4) is 40.2 Å². The van der Waals surface area contributed by atoms with Gasteiger partial charge in [0.1, 0.15) is 56.5 Å². The van der Waals surface area contributed by atoms with Gasteiger partial charge in [-0.15, -0.1) is 8.42 Å². The van der Waals surface area contributed by atoms with Crippen molar-refractivity contribution in [2.75, 3.05) is 61.2 Å². The molecule has 7 aromatic carbocycles. The van der Waals surface area contributed by atoms with Crippen LogP contribution in [0.3, 0.4) is 0 Å². The van der Waals surface area contributed by atoms with Crippen LogP contribution in [0, 0.1) is 10.8 Å². The number of fused-ring (bicyclic) bond motifs is 6. The number of carbonyl (C=O) groups excluding carboxylic acids is 3.